The third-order valence-electron chi connectivity index (χ3n) is 3.95. The zero-order valence-electron chi connectivity index (χ0n) is 13.2. The number of carbonyl (C=O) groups is 1. The van der Waals surface area contributed by atoms with Crippen molar-refractivity contribution < 1.29 is 9.72 Å². The number of rotatable bonds is 6. The lowest BCUT2D eigenvalue weighted by atomic mass is 9.96. The first-order valence-corrected chi connectivity index (χ1v) is 8.02. The van der Waals surface area contributed by atoms with E-state index < -0.39 is 4.92 Å². The molecule has 0 radical (unpaired) electrons. The Hall–Kier alpha value is -1.41. The van der Waals surface area contributed by atoms with Crippen LogP contribution in [0, 0.1) is 16.0 Å². The van der Waals surface area contributed by atoms with Gasteiger partial charge in [-0.1, -0.05) is 11.6 Å². The first-order valence-electron chi connectivity index (χ1n) is 7.64. The molecule has 1 fully saturated rings. The molecule has 7 nitrogen and oxygen atoms in total. The Morgan fingerprint density at radius 1 is 1.50 bits per heavy atom. The second-order valence-electron chi connectivity index (χ2n) is 5.68. The number of nitro benzene ring substituents is 1. The molecule has 24 heavy (non-hydrogen) atoms. The molecule has 1 aromatic rings. The number of nitrogens with one attached hydrogen (secondary N) is 1. The lowest BCUT2D eigenvalue weighted by molar-refractivity contribution is -0.385. The summed E-state index contributed by atoms with van der Waals surface area (Å²) in [6.45, 7) is 2.69. The average Bonchev–Trinajstić information content (AvgIpc) is 2.52. The Morgan fingerprint density at radius 3 is 2.92 bits per heavy atom. The molecule has 1 aliphatic rings. The van der Waals surface area contributed by atoms with E-state index in [4.69, 9.17) is 17.3 Å². The largest absolute Gasteiger partial charge is 0.355 e. The van der Waals surface area contributed by atoms with Gasteiger partial charge in [0.25, 0.3) is 5.69 Å². The summed E-state index contributed by atoms with van der Waals surface area (Å²) in [5.41, 5.74) is 6.03. The SMILES string of the molecule is Cl.NCCNC(=O)C1CCCN(Cc2cc(Cl)ccc2[N+](=O)[O-])C1. The maximum absolute atomic E-state index is 12.1. The minimum absolute atomic E-state index is 0. The Labute approximate surface area is 152 Å². The normalized spacial score (nSPS) is 17.8. The maximum atomic E-state index is 12.1. The Morgan fingerprint density at radius 2 is 2.25 bits per heavy atom. The topological polar surface area (TPSA) is 102 Å². The van der Waals surface area contributed by atoms with E-state index in [1.54, 1.807) is 6.07 Å². The number of nitro groups is 1. The summed E-state index contributed by atoms with van der Waals surface area (Å²) >= 11 is 5.96. The zero-order valence-corrected chi connectivity index (χ0v) is 14.8. The second-order valence-corrected chi connectivity index (χ2v) is 6.12. The van der Waals surface area contributed by atoms with E-state index in [1.807, 2.05) is 0 Å². The van der Waals surface area contributed by atoms with Gasteiger partial charge in [0.15, 0.2) is 0 Å². The van der Waals surface area contributed by atoms with Gasteiger partial charge in [-0.2, -0.15) is 0 Å². The van der Waals surface area contributed by atoms with Crippen LogP contribution in [-0.2, 0) is 11.3 Å². The van der Waals surface area contributed by atoms with Gasteiger partial charge in [-0.25, -0.2) is 0 Å². The number of halogens is 2. The summed E-state index contributed by atoms with van der Waals surface area (Å²) in [6.07, 6.45) is 1.71. The summed E-state index contributed by atoms with van der Waals surface area (Å²) in [6, 6.07) is 4.56. The van der Waals surface area contributed by atoms with Crippen molar-refractivity contribution in [3.63, 3.8) is 0 Å². The molecule has 9 heteroatoms. The molecule has 1 amide bonds. The van der Waals surface area contributed by atoms with Crippen molar-refractivity contribution in [3.05, 3.63) is 38.9 Å². The van der Waals surface area contributed by atoms with Crippen molar-refractivity contribution in [2.24, 2.45) is 11.7 Å². The molecular weight excluding hydrogens is 355 g/mol. The fraction of sp³-hybridized carbons (Fsp3) is 0.533. The first kappa shape index (κ1) is 20.6. The van der Waals surface area contributed by atoms with Crippen LogP contribution in [0.5, 0.6) is 0 Å². The number of likely N-dealkylation sites (tertiary alicyclic amines) is 1. The number of nitrogens with zero attached hydrogens (tertiary/aromatic N) is 2. The van der Waals surface area contributed by atoms with Crippen LogP contribution in [0.15, 0.2) is 18.2 Å². The molecule has 1 atom stereocenters. The number of hydrogen-bond donors (Lipinski definition) is 2. The molecule has 3 N–H and O–H groups in total. The van der Waals surface area contributed by atoms with Crippen molar-refractivity contribution >= 4 is 35.6 Å². The first-order chi connectivity index (χ1) is 11.0. The predicted molar refractivity (Wildman–Crippen MR) is 95.4 cm³/mol. The van der Waals surface area contributed by atoms with Crippen LogP contribution < -0.4 is 11.1 Å². The number of piperidine rings is 1. The van der Waals surface area contributed by atoms with E-state index in [0.29, 0.717) is 36.8 Å². The minimum atomic E-state index is -0.402. The molecule has 0 saturated carbocycles. The Bertz CT molecular complexity index is 586. The molecule has 0 aromatic heterocycles. The lowest BCUT2D eigenvalue weighted by Crippen LogP contribution is -2.43. The van der Waals surface area contributed by atoms with Crippen molar-refractivity contribution in [2.75, 3.05) is 26.2 Å². The predicted octanol–water partition coefficient (Wildman–Crippen LogP) is 1.96. The molecule has 0 bridgehead atoms. The van der Waals surface area contributed by atoms with Gasteiger partial charge in [-0.05, 0) is 31.5 Å². The third-order valence-corrected chi connectivity index (χ3v) is 4.19. The van der Waals surface area contributed by atoms with E-state index in [-0.39, 0.29) is 29.9 Å². The van der Waals surface area contributed by atoms with Gasteiger partial charge in [0, 0.05) is 42.8 Å². The highest BCUT2D eigenvalue weighted by Gasteiger charge is 2.27. The minimum Gasteiger partial charge on any atom is -0.355 e. The van der Waals surface area contributed by atoms with Crippen LogP contribution >= 0.6 is 24.0 Å². The number of hydrogen-bond acceptors (Lipinski definition) is 5. The van der Waals surface area contributed by atoms with E-state index in [1.165, 1.54) is 12.1 Å². The molecule has 1 aliphatic heterocycles. The molecular formula is C15H22Cl2N4O3. The Kier molecular flexibility index (Phi) is 8.41. The number of benzene rings is 1. The van der Waals surface area contributed by atoms with Gasteiger partial charge in [0.05, 0.1) is 10.8 Å². The van der Waals surface area contributed by atoms with Gasteiger partial charge >= 0.3 is 0 Å². The van der Waals surface area contributed by atoms with Gasteiger partial charge in [-0.15, -0.1) is 12.4 Å². The monoisotopic (exact) mass is 376 g/mol. The van der Waals surface area contributed by atoms with E-state index >= 15 is 0 Å². The summed E-state index contributed by atoms with van der Waals surface area (Å²) < 4.78 is 0. The molecule has 1 heterocycles. The second kappa shape index (κ2) is 9.78. The van der Waals surface area contributed by atoms with Crippen LogP contribution in [0.3, 0.4) is 0 Å². The molecule has 1 saturated heterocycles. The summed E-state index contributed by atoms with van der Waals surface area (Å²) in [4.78, 5) is 24.9. The molecule has 1 aromatic carbocycles. The summed E-state index contributed by atoms with van der Waals surface area (Å²) in [5.74, 6) is -0.103. The van der Waals surface area contributed by atoms with Crippen molar-refractivity contribution in [1.29, 1.82) is 0 Å². The Balaban J connectivity index is 0.00000288. The summed E-state index contributed by atoms with van der Waals surface area (Å²) in [5, 5.41) is 14.4. The molecule has 1 unspecified atom stereocenters. The van der Waals surface area contributed by atoms with Crippen molar-refractivity contribution in [3.8, 4) is 0 Å². The third kappa shape index (κ3) is 5.59. The smallest absolute Gasteiger partial charge is 0.273 e. The highest BCUT2D eigenvalue weighted by Crippen LogP contribution is 2.26. The van der Waals surface area contributed by atoms with Crippen LogP contribution in [0.2, 0.25) is 5.02 Å². The molecule has 2 rings (SSSR count). The van der Waals surface area contributed by atoms with Gasteiger partial charge in [0.2, 0.25) is 5.91 Å². The van der Waals surface area contributed by atoms with E-state index in [9.17, 15) is 14.9 Å². The molecule has 134 valence electrons. The van der Waals surface area contributed by atoms with Crippen molar-refractivity contribution in [1.82, 2.24) is 10.2 Å². The fourth-order valence-electron chi connectivity index (χ4n) is 2.85. The standard InChI is InChI=1S/C15H21ClN4O3.ClH/c16-13-3-4-14(20(22)23)12(8-13)10-19-7-1-2-11(9-19)15(21)18-6-5-17;/h3-4,8,11H,1-2,5-7,9-10,17H2,(H,18,21);1H. The van der Waals surface area contributed by atoms with Crippen LogP contribution in [0.4, 0.5) is 5.69 Å². The maximum Gasteiger partial charge on any atom is 0.273 e. The number of amides is 1. The molecule has 0 aliphatic carbocycles. The van der Waals surface area contributed by atoms with Gasteiger partial charge < -0.3 is 11.1 Å². The van der Waals surface area contributed by atoms with Crippen LogP contribution in [-0.4, -0.2) is 41.9 Å². The van der Waals surface area contributed by atoms with Crippen LogP contribution in [0.1, 0.15) is 18.4 Å². The zero-order chi connectivity index (χ0) is 16.8. The quantitative estimate of drug-likeness (QED) is 0.583. The van der Waals surface area contributed by atoms with E-state index in [0.717, 1.165) is 19.4 Å². The van der Waals surface area contributed by atoms with Gasteiger partial charge in [0.1, 0.15) is 0 Å². The average molecular weight is 377 g/mol. The lowest BCUT2D eigenvalue weighted by Gasteiger charge is -2.31. The number of carbonyl (C=O) groups excluding carboxylic acids is 1. The van der Waals surface area contributed by atoms with E-state index in [2.05, 4.69) is 10.2 Å². The van der Waals surface area contributed by atoms with Crippen LogP contribution in [0.25, 0.3) is 0 Å². The van der Waals surface area contributed by atoms with Gasteiger partial charge in [-0.3, -0.25) is 19.8 Å². The molecule has 0 spiro atoms. The summed E-state index contributed by atoms with van der Waals surface area (Å²) in [7, 11) is 0. The fourth-order valence-corrected chi connectivity index (χ4v) is 3.05. The van der Waals surface area contributed by atoms with Crippen molar-refractivity contribution in [2.45, 2.75) is 19.4 Å². The number of nitrogens with two attached hydrogens (primary N) is 1. The highest BCUT2D eigenvalue weighted by atomic mass is 35.5. The highest BCUT2D eigenvalue weighted by molar-refractivity contribution is 6.30.